The van der Waals surface area contributed by atoms with E-state index in [9.17, 15) is 10.2 Å². The van der Waals surface area contributed by atoms with Crippen LogP contribution in [0.5, 0.6) is 11.5 Å². The number of nitrogens with one attached hydrogen (secondary N) is 1. The summed E-state index contributed by atoms with van der Waals surface area (Å²) < 4.78 is 0. The van der Waals surface area contributed by atoms with Crippen LogP contribution in [0.3, 0.4) is 0 Å². The van der Waals surface area contributed by atoms with E-state index in [2.05, 4.69) is 9.97 Å². The highest BCUT2D eigenvalue weighted by atomic mass is 16.3. The van der Waals surface area contributed by atoms with Crippen LogP contribution in [0.4, 0.5) is 0 Å². The molecular formula is C15H12N2O2. The predicted octanol–water partition coefficient (Wildman–Crippen LogP) is 3.15. The molecule has 0 spiro atoms. The number of benzene rings is 2. The quantitative estimate of drug-likeness (QED) is 0.613. The first-order chi connectivity index (χ1) is 9.25. The van der Waals surface area contributed by atoms with Crippen molar-refractivity contribution < 1.29 is 10.2 Å². The van der Waals surface area contributed by atoms with E-state index in [1.165, 1.54) is 6.07 Å². The van der Waals surface area contributed by atoms with E-state index >= 15 is 0 Å². The Morgan fingerprint density at radius 3 is 2.47 bits per heavy atom. The van der Waals surface area contributed by atoms with Crippen LogP contribution in [0.25, 0.3) is 22.6 Å². The van der Waals surface area contributed by atoms with Crippen molar-refractivity contribution in [3.8, 4) is 34.1 Å². The molecule has 2 aromatic carbocycles. The molecule has 0 saturated heterocycles. The van der Waals surface area contributed by atoms with Crippen molar-refractivity contribution in [2.45, 2.75) is 0 Å². The van der Waals surface area contributed by atoms with Gasteiger partial charge in [-0.05, 0) is 17.7 Å². The molecule has 4 heteroatoms. The van der Waals surface area contributed by atoms with E-state index in [4.69, 9.17) is 0 Å². The molecule has 1 aromatic heterocycles. The Balaban J connectivity index is 2.05. The first kappa shape index (κ1) is 11.3. The van der Waals surface area contributed by atoms with Crippen LogP contribution >= 0.6 is 0 Å². The summed E-state index contributed by atoms with van der Waals surface area (Å²) in [5.74, 6) is 0.193. The first-order valence-corrected chi connectivity index (χ1v) is 5.87. The second kappa shape index (κ2) is 4.49. The molecule has 1 heterocycles. The van der Waals surface area contributed by atoms with Crippen molar-refractivity contribution in [2.75, 3.05) is 0 Å². The monoisotopic (exact) mass is 252 g/mol. The van der Waals surface area contributed by atoms with Gasteiger partial charge in [0.1, 0.15) is 5.82 Å². The number of para-hydroxylation sites is 1. The van der Waals surface area contributed by atoms with Crippen LogP contribution in [0, 0.1) is 0 Å². The van der Waals surface area contributed by atoms with Crippen LogP contribution in [0.15, 0.2) is 54.7 Å². The molecule has 3 N–H and O–H groups in total. The Morgan fingerprint density at radius 1 is 0.895 bits per heavy atom. The number of H-pyrrole nitrogens is 1. The summed E-state index contributed by atoms with van der Waals surface area (Å²) in [7, 11) is 0. The number of rotatable bonds is 2. The summed E-state index contributed by atoms with van der Waals surface area (Å²) in [6.45, 7) is 0. The molecule has 0 saturated carbocycles. The van der Waals surface area contributed by atoms with E-state index in [0.29, 0.717) is 11.4 Å². The van der Waals surface area contributed by atoms with Gasteiger partial charge in [-0.3, -0.25) is 0 Å². The van der Waals surface area contributed by atoms with Gasteiger partial charge in [-0.15, -0.1) is 0 Å². The fraction of sp³-hybridized carbons (Fsp3) is 0. The van der Waals surface area contributed by atoms with Gasteiger partial charge in [0.05, 0.1) is 17.5 Å². The average molecular weight is 252 g/mol. The van der Waals surface area contributed by atoms with E-state index < -0.39 is 0 Å². The largest absolute Gasteiger partial charge is 0.504 e. The second-order valence-corrected chi connectivity index (χ2v) is 4.18. The van der Waals surface area contributed by atoms with Gasteiger partial charge in [-0.1, -0.05) is 36.4 Å². The third-order valence-corrected chi connectivity index (χ3v) is 2.93. The van der Waals surface area contributed by atoms with Gasteiger partial charge in [0, 0.05) is 0 Å². The van der Waals surface area contributed by atoms with Crippen molar-refractivity contribution in [1.29, 1.82) is 0 Å². The van der Waals surface area contributed by atoms with Crippen LogP contribution in [-0.4, -0.2) is 20.2 Å². The van der Waals surface area contributed by atoms with Crippen molar-refractivity contribution in [1.82, 2.24) is 9.97 Å². The lowest BCUT2D eigenvalue weighted by Gasteiger charge is -2.02. The fourth-order valence-electron chi connectivity index (χ4n) is 1.94. The molecule has 0 aliphatic rings. The lowest BCUT2D eigenvalue weighted by atomic mass is 10.1. The third kappa shape index (κ3) is 2.04. The molecule has 0 atom stereocenters. The number of phenols is 2. The van der Waals surface area contributed by atoms with Crippen LogP contribution in [0.1, 0.15) is 0 Å². The van der Waals surface area contributed by atoms with Crippen molar-refractivity contribution in [3.63, 3.8) is 0 Å². The third-order valence-electron chi connectivity index (χ3n) is 2.93. The van der Waals surface area contributed by atoms with Crippen LogP contribution in [-0.2, 0) is 0 Å². The lowest BCUT2D eigenvalue weighted by molar-refractivity contribution is 0.405. The number of nitrogens with zero attached hydrogens (tertiary/aromatic N) is 1. The topological polar surface area (TPSA) is 69.1 Å². The molecule has 3 aromatic rings. The van der Waals surface area contributed by atoms with Gasteiger partial charge in [-0.2, -0.15) is 0 Å². The first-order valence-electron chi connectivity index (χ1n) is 5.87. The number of aromatic amines is 1. The summed E-state index contributed by atoms with van der Waals surface area (Å²) >= 11 is 0. The minimum Gasteiger partial charge on any atom is -0.504 e. The smallest absolute Gasteiger partial charge is 0.168 e. The number of imidazole rings is 1. The molecule has 0 aliphatic heterocycles. The molecule has 94 valence electrons. The Kier molecular flexibility index (Phi) is 2.68. The normalized spacial score (nSPS) is 10.5. The van der Waals surface area contributed by atoms with E-state index in [-0.39, 0.29) is 11.5 Å². The summed E-state index contributed by atoms with van der Waals surface area (Å²) in [4.78, 5) is 7.37. The zero-order chi connectivity index (χ0) is 13.2. The molecular weight excluding hydrogens is 240 g/mol. The SMILES string of the molecule is Oc1cccc(-c2ncc(-c3ccccc3)[nH]2)c1O. The summed E-state index contributed by atoms with van der Waals surface area (Å²) in [6, 6.07) is 14.6. The summed E-state index contributed by atoms with van der Waals surface area (Å²) in [5.41, 5.74) is 2.35. The van der Waals surface area contributed by atoms with Crippen molar-refractivity contribution in [3.05, 3.63) is 54.7 Å². The van der Waals surface area contributed by atoms with E-state index in [0.717, 1.165) is 11.3 Å². The molecule has 4 nitrogen and oxygen atoms in total. The Hall–Kier alpha value is -2.75. The standard InChI is InChI=1S/C15H12N2O2/c18-13-8-4-7-11(14(13)19)15-16-9-12(17-15)10-5-2-1-3-6-10/h1-9,18-19H,(H,16,17). The predicted molar refractivity (Wildman–Crippen MR) is 72.8 cm³/mol. The second-order valence-electron chi connectivity index (χ2n) is 4.18. The average Bonchev–Trinajstić information content (AvgIpc) is 2.92. The van der Waals surface area contributed by atoms with Gasteiger partial charge in [0.2, 0.25) is 0 Å². The number of hydrogen-bond donors (Lipinski definition) is 3. The van der Waals surface area contributed by atoms with Gasteiger partial charge in [-0.25, -0.2) is 4.98 Å². The minimum atomic E-state index is -0.170. The Bertz CT molecular complexity index is 705. The molecule has 0 unspecified atom stereocenters. The van der Waals surface area contributed by atoms with Crippen LogP contribution < -0.4 is 0 Å². The number of aromatic hydroxyl groups is 2. The molecule has 19 heavy (non-hydrogen) atoms. The number of phenolic OH excluding ortho intramolecular Hbond substituents is 2. The van der Waals surface area contributed by atoms with Gasteiger partial charge in [0.15, 0.2) is 11.5 Å². The maximum atomic E-state index is 9.82. The maximum Gasteiger partial charge on any atom is 0.168 e. The maximum absolute atomic E-state index is 9.82. The molecule has 0 fully saturated rings. The number of hydrogen-bond acceptors (Lipinski definition) is 3. The van der Waals surface area contributed by atoms with Crippen molar-refractivity contribution >= 4 is 0 Å². The summed E-state index contributed by atoms with van der Waals surface area (Å²) in [6.07, 6.45) is 1.70. The fourth-order valence-corrected chi connectivity index (χ4v) is 1.94. The molecule has 3 rings (SSSR count). The highest BCUT2D eigenvalue weighted by Gasteiger charge is 2.11. The molecule has 0 radical (unpaired) electrons. The Morgan fingerprint density at radius 2 is 1.68 bits per heavy atom. The van der Waals surface area contributed by atoms with E-state index in [1.54, 1.807) is 18.3 Å². The molecule has 0 bridgehead atoms. The molecule has 0 amide bonds. The zero-order valence-electron chi connectivity index (χ0n) is 10.0. The summed E-state index contributed by atoms with van der Waals surface area (Å²) in [5, 5.41) is 19.3. The minimum absolute atomic E-state index is 0.157. The lowest BCUT2D eigenvalue weighted by Crippen LogP contribution is -1.82. The highest BCUT2D eigenvalue weighted by Crippen LogP contribution is 2.35. The van der Waals surface area contributed by atoms with Crippen LogP contribution in [0.2, 0.25) is 0 Å². The van der Waals surface area contributed by atoms with Gasteiger partial charge in [0.25, 0.3) is 0 Å². The van der Waals surface area contributed by atoms with Gasteiger partial charge >= 0.3 is 0 Å². The van der Waals surface area contributed by atoms with Gasteiger partial charge < -0.3 is 15.2 Å². The van der Waals surface area contributed by atoms with E-state index in [1.807, 2.05) is 30.3 Å². The van der Waals surface area contributed by atoms with Crippen molar-refractivity contribution in [2.24, 2.45) is 0 Å². The highest BCUT2D eigenvalue weighted by molar-refractivity contribution is 5.70. The molecule has 0 aliphatic carbocycles. The number of aromatic nitrogens is 2. The zero-order valence-corrected chi connectivity index (χ0v) is 10.0. The Labute approximate surface area is 110 Å².